The van der Waals surface area contributed by atoms with Crippen molar-refractivity contribution in [2.45, 2.75) is 6.92 Å². The molecule has 0 fully saturated rings. The molecule has 0 aliphatic carbocycles. The van der Waals surface area contributed by atoms with Gasteiger partial charge in [-0.2, -0.15) is 10.4 Å². The largest absolute Gasteiger partial charge is 0.282 e. The van der Waals surface area contributed by atoms with Crippen LogP contribution in [0.4, 0.5) is 8.78 Å². The van der Waals surface area contributed by atoms with E-state index in [-0.39, 0.29) is 11.1 Å². The molecule has 1 heterocycles. The summed E-state index contributed by atoms with van der Waals surface area (Å²) in [6, 6.07) is 5.02. The summed E-state index contributed by atoms with van der Waals surface area (Å²) in [4.78, 5) is 0. The van der Waals surface area contributed by atoms with Crippen molar-refractivity contribution in [3.63, 3.8) is 0 Å². The minimum absolute atomic E-state index is 0.0425. The average molecular weight is 219 g/mol. The highest BCUT2D eigenvalue weighted by atomic mass is 19.1. The summed E-state index contributed by atoms with van der Waals surface area (Å²) in [5.41, 5.74) is 0.798. The quantitative estimate of drug-likeness (QED) is 0.801. The Morgan fingerprint density at radius 1 is 1.25 bits per heavy atom. The zero-order chi connectivity index (χ0) is 11.7. The topological polar surface area (TPSA) is 52.5 Å². The number of nitriles is 1. The van der Waals surface area contributed by atoms with E-state index < -0.39 is 11.6 Å². The molecule has 3 nitrogen and oxygen atoms in total. The van der Waals surface area contributed by atoms with Crippen LogP contribution in [0.3, 0.4) is 0 Å². The first-order chi connectivity index (χ1) is 7.61. The van der Waals surface area contributed by atoms with Crippen molar-refractivity contribution in [3.8, 4) is 17.3 Å². The molecule has 80 valence electrons. The van der Waals surface area contributed by atoms with Crippen molar-refractivity contribution in [1.82, 2.24) is 10.2 Å². The minimum Gasteiger partial charge on any atom is -0.282 e. The Morgan fingerprint density at radius 3 is 2.56 bits per heavy atom. The molecule has 0 aliphatic heterocycles. The van der Waals surface area contributed by atoms with Gasteiger partial charge >= 0.3 is 0 Å². The molecule has 16 heavy (non-hydrogen) atoms. The molecule has 0 saturated carbocycles. The van der Waals surface area contributed by atoms with Crippen LogP contribution in [-0.2, 0) is 0 Å². The number of halogens is 2. The second-order valence-corrected chi connectivity index (χ2v) is 3.36. The highest BCUT2D eigenvalue weighted by molar-refractivity contribution is 5.61. The number of aromatic nitrogens is 2. The Balaban J connectivity index is 2.59. The molecule has 0 amide bonds. The van der Waals surface area contributed by atoms with Crippen LogP contribution in [0.1, 0.15) is 11.3 Å². The van der Waals surface area contributed by atoms with Gasteiger partial charge in [0, 0.05) is 11.3 Å². The second-order valence-electron chi connectivity index (χ2n) is 3.36. The summed E-state index contributed by atoms with van der Waals surface area (Å²) in [5, 5.41) is 15.0. The number of aromatic amines is 1. The van der Waals surface area contributed by atoms with Crippen molar-refractivity contribution < 1.29 is 8.78 Å². The third-order valence-corrected chi connectivity index (χ3v) is 2.16. The standard InChI is InChI=1S/C11H7F2N3/c1-6-2-11(16-15-6)8-4-9(12)7(5-14)3-10(8)13/h2-4H,1H3,(H,15,16). The first kappa shape index (κ1) is 10.3. The predicted molar refractivity (Wildman–Crippen MR) is 53.4 cm³/mol. The molecule has 0 radical (unpaired) electrons. The number of rotatable bonds is 1. The lowest BCUT2D eigenvalue weighted by molar-refractivity contribution is 0.599. The molecule has 2 aromatic rings. The molecule has 0 aliphatic rings. The van der Waals surface area contributed by atoms with Crippen LogP contribution in [0.15, 0.2) is 18.2 Å². The van der Waals surface area contributed by atoms with Gasteiger partial charge in [0.15, 0.2) is 0 Å². The van der Waals surface area contributed by atoms with Gasteiger partial charge in [-0.25, -0.2) is 8.78 Å². The third kappa shape index (κ3) is 1.65. The first-order valence-corrected chi connectivity index (χ1v) is 4.53. The molecule has 0 bridgehead atoms. The number of hydrogen-bond acceptors (Lipinski definition) is 2. The fourth-order valence-electron chi connectivity index (χ4n) is 1.38. The highest BCUT2D eigenvalue weighted by Gasteiger charge is 2.13. The predicted octanol–water partition coefficient (Wildman–Crippen LogP) is 2.54. The Kier molecular flexibility index (Phi) is 2.41. The minimum atomic E-state index is -0.750. The fraction of sp³-hybridized carbons (Fsp3) is 0.0909. The van der Waals surface area contributed by atoms with Crippen LogP contribution in [0.5, 0.6) is 0 Å². The molecule has 1 aromatic carbocycles. The molecule has 1 N–H and O–H groups in total. The van der Waals surface area contributed by atoms with Gasteiger partial charge < -0.3 is 0 Å². The summed E-state index contributed by atoms with van der Waals surface area (Å²) in [6.07, 6.45) is 0. The molecule has 2 rings (SSSR count). The molecule has 0 unspecified atom stereocenters. The van der Waals surface area contributed by atoms with Gasteiger partial charge in [-0.05, 0) is 25.1 Å². The Morgan fingerprint density at radius 2 is 2.00 bits per heavy atom. The number of hydrogen-bond donors (Lipinski definition) is 1. The Bertz CT molecular complexity index is 581. The summed E-state index contributed by atoms with van der Waals surface area (Å²) in [6.45, 7) is 1.76. The number of nitrogens with one attached hydrogen (secondary N) is 1. The SMILES string of the molecule is Cc1cc(-c2cc(F)c(C#N)cc2F)n[nH]1. The maximum Gasteiger partial charge on any atom is 0.141 e. The lowest BCUT2D eigenvalue weighted by atomic mass is 10.1. The first-order valence-electron chi connectivity index (χ1n) is 4.53. The summed E-state index contributed by atoms with van der Waals surface area (Å²) < 4.78 is 26.8. The molecule has 1 aromatic heterocycles. The van der Waals surface area contributed by atoms with E-state index in [0.717, 1.165) is 17.8 Å². The van der Waals surface area contributed by atoms with Gasteiger partial charge in [-0.3, -0.25) is 5.10 Å². The van der Waals surface area contributed by atoms with E-state index in [9.17, 15) is 8.78 Å². The molecule has 0 spiro atoms. The summed E-state index contributed by atoms with van der Waals surface area (Å²) >= 11 is 0. The Hall–Kier alpha value is -2.22. The normalized spacial score (nSPS) is 10.1. The van der Waals surface area contributed by atoms with E-state index in [0.29, 0.717) is 5.69 Å². The van der Waals surface area contributed by atoms with Crippen molar-refractivity contribution in [1.29, 1.82) is 5.26 Å². The van der Waals surface area contributed by atoms with Crippen molar-refractivity contribution >= 4 is 0 Å². The fourth-order valence-corrected chi connectivity index (χ4v) is 1.38. The van der Waals surface area contributed by atoms with Crippen LogP contribution < -0.4 is 0 Å². The van der Waals surface area contributed by atoms with Gasteiger partial charge in [0.25, 0.3) is 0 Å². The smallest absolute Gasteiger partial charge is 0.141 e. The second kappa shape index (κ2) is 3.74. The number of nitrogens with zero attached hydrogens (tertiary/aromatic N) is 2. The molecule has 0 atom stereocenters. The van der Waals surface area contributed by atoms with E-state index >= 15 is 0 Å². The van der Waals surface area contributed by atoms with Gasteiger partial charge in [-0.15, -0.1) is 0 Å². The van der Waals surface area contributed by atoms with Crippen LogP contribution in [0, 0.1) is 29.9 Å². The van der Waals surface area contributed by atoms with E-state index in [4.69, 9.17) is 5.26 Å². The van der Waals surface area contributed by atoms with Crippen LogP contribution in [0.25, 0.3) is 11.3 Å². The van der Waals surface area contributed by atoms with E-state index in [2.05, 4.69) is 10.2 Å². The third-order valence-electron chi connectivity index (χ3n) is 2.16. The van der Waals surface area contributed by atoms with E-state index in [1.165, 1.54) is 0 Å². The zero-order valence-electron chi connectivity index (χ0n) is 8.38. The van der Waals surface area contributed by atoms with Gasteiger partial charge in [0.05, 0.1) is 11.3 Å². The molecule has 5 heteroatoms. The zero-order valence-corrected chi connectivity index (χ0v) is 8.38. The lowest BCUT2D eigenvalue weighted by Gasteiger charge is -2.00. The highest BCUT2D eigenvalue weighted by Crippen LogP contribution is 2.24. The van der Waals surface area contributed by atoms with Gasteiger partial charge in [-0.1, -0.05) is 0 Å². The maximum absolute atomic E-state index is 13.5. The summed E-state index contributed by atoms with van der Waals surface area (Å²) in [7, 11) is 0. The molecular weight excluding hydrogens is 212 g/mol. The number of aryl methyl sites for hydroxylation is 1. The van der Waals surface area contributed by atoms with Gasteiger partial charge in [0.2, 0.25) is 0 Å². The van der Waals surface area contributed by atoms with E-state index in [1.807, 2.05) is 0 Å². The van der Waals surface area contributed by atoms with Gasteiger partial charge in [0.1, 0.15) is 17.7 Å². The summed E-state index contributed by atoms with van der Waals surface area (Å²) in [5.74, 6) is -1.41. The van der Waals surface area contributed by atoms with Crippen molar-refractivity contribution in [2.24, 2.45) is 0 Å². The molecule has 0 saturated heterocycles. The number of H-pyrrole nitrogens is 1. The van der Waals surface area contributed by atoms with Crippen LogP contribution in [-0.4, -0.2) is 10.2 Å². The monoisotopic (exact) mass is 219 g/mol. The van der Waals surface area contributed by atoms with Crippen LogP contribution >= 0.6 is 0 Å². The Labute approximate surface area is 90.3 Å². The van der Waals surface area contributed by atoms with Crippen molar-refractivity contribution in [2.75, 3.05) is 0 Å². The number of benzene rings is 1. The average Bonchev–Trinajstić information content (AvgIpc) is 2.67. The van der Waals surface area contributed by atoms with Crippen LogP contribution in [0.2, 0.25) is 0 Å². The van der Waals surface area contributed by atoms with E-state index in [1.54, 1.807) is 19.1 Å². The molecular formula is C11H7F2N3. The lowest BCUT2D eigenvalue weighted by Crippen LogP contribution is -1.91. The van der Waals surface area contributed by atoms with Crippen molar-refractivity contribution in [3.05, 3.63) is 41.1 Å². The maximum atomic E-state index is 13.5.